The molecule has 5 N–H and O–H groups in total. The number of carbonyl (C=O) groups excluding carboxylic acids is 2. The molecule has 0 amide bonds. The highest BCUT2D eigenvalue weighted by Gasteiger charge is 2.70. The van der Waals surface area contributed by atoms with E-state index in [1.165, 1.54) is 128 Å². The van der Waals surface area contributed by atoms with E-state index >= 15 is 0 Å². The number of hydrogen-bond acceptors (Lipinski definition) is 10. The van der Waals surface area contributed by atoms with Gasteiger partial charge in [-0.2, -0.15) is 0 Å². The maximum absolute atomic E-state index is 12.7. The third kappa shape index (κ3) is 21.0. The standard InChI is InChI=1S/C42H80O10/c1-3-5-7-9-11-13-15-17-19-21-23-25-27-29-31-33-37(44)51-41(48)40(47)39(46)36(35-43)50-42(41,49)52-38(45)34-32-30-28-26-24-22-20-18-16-14-12-10-8-6-4-2/h36,39-40,43,46-49H,3-35H2,1-2H3/t36-,39+,40+,41-,42+/m1/s1. The number of esters is 2. The highest BCUT2D eigenvalue weighted by molar-refractivity contribution is 5.71. The molecular formula is C42H80O10. The van der Waals surface area contributed by atoms with Gasteiger partial charge < -0.3 is 39.7 Å². The molecule has 0 aromatic heterocycles. The van der Waals surface area contributed by atoms with E-state index in [1.54, 1.807) is 0 Å². The smallest absolute Gasteiger partial charge is 0.399 e. The molecule has 1 fully saturated rings. The van der Waals surface area contributed by atoms with Crippen LogP contribution in [0, 0.1) is 0 Å². The summed E-state index contributed by atoms with van der Waals surface area (Å²) < 4.78 is 15.4. The zero-order chi connectivity index (χ0) is 38.3. The minimum absolute atomic E-state index is 0.102. The van der Waals surface area contributed by atoms with Crippen molar-refractivity contribution < 1.29 is 49.3 Å². The summed E-state index contributed by atoms with van der Waals surface area (Å²) in [6, 6.07) is 0. The van der Waals surface area contributed by atoms with Crippen LogP contribution < -0.4 is 0 Å². The van der Waals surface area contributed by atoms with Gasteiger partial charge in [0.2, 0.25) is 0 Å². The van der Waals surface area contributed by atoms with Crippen LogP contribution in [0.5, 0.6) is 0 Å². The summed E-state index contributed by atoms with van der Waals surface area (Å²) in [5.41, 5.74) is 0. The molecular weight excluding hydrogens is 664 g/mol. The highest BCUT2D eigenvalue weighted by atomic mass is 16.9. The van der Waals surface area contributed by atoms with Gasteiger partial charge in [-0.3, -0.25) is 9.59 Å². The van der Waals surface area contributed by atoms with Gasteiger partial charge in [-0.15, -0.1) is 0 Å². The Kier molecular flexibility index (Phi) is 29.0. The Bertz CT molecular complexity index is 872. The van der Waals surface area contributed by atoms with Gasteiger partial charge in [0.25, 0.3) is 0 Å². The van der Waals surface area contributed by atoms with Crippen molar-refractivity contribution in [3.8, 4) is 0 Å². The molecule has 0 spiro atoms. The molecule has 1 heterocycles. The first kappa shape index (κ1) is 48.7. The maximum Gasteiger partial charge on any atom is 0.399 e. The summed E-state index contributed by atoms with van der Waals surface area (Å²) >= 11 is 0. The molecule has 0 aromatic carbocycles. The van der Waals surface area contributed by atoms with Crippen molar-refractivity contribution in [3.05, 3.63) is 0 Å². The molecule has 0 unspecified atom stereocenters. The van der Waals surface area contributed by atoms with Crippen molar-refractivity contribution in [2.45, 2.75) is 249 Å². The van der Waals surface area contributed by atoms with Gasteiger partial charge in [-0.05, 0) is 12.8 Å². The Labute approximate surface area is 316 Å². The molecule has 1 saturated heterocycles. The van der Waals surface area contributed by atoms with Crippen molar-refractivity contribution in [2.75, 3.05) is 6.61 Å². The van der Waals surface area contributed by atoms with E-state index in [9.17, 15) is 35.1 Å². The summed E-state index contributed by atoms with van der Waals surface area (Å²) in [7, 11) is 0. The van der Waals surface area contributed by atoms with Crippen LogP contribution in [-0.4, -0.2) is 74.2 Å². The van der Waals surface area contributed by atoms with E-state index in [-0.39, 0.29) is 12.8 Å². The normalized spacial score (nSPS) is 23.2. The lowest BCUT2D eigenvalue weighted by Crippen LogP contribution is -2.75. The Morgan fingerprint density at radius 1 is 0.500 bits per heavy atom. The van der Waals surface area contributed by atoms with E-state index in [0.717, 1.165) is 51.4 Å². The topological polar surface area (TPSA) is 163 Å². The van der Waals surface area contributed by atoms with Gasteiger partial charge in [-0.1, -0.05) is 194 Å². The molecule has 0 aromatic rings. The van der Waals surface area contributed by atoms with Gasteiger partial charge in [-0.25, -0.2) is 0 Å². The molecule has 10 heteroatoms. The van der Waals surface area contributed by atoms with E-state index in [4.69, 9.17) is 14.2 Å². The average molecular weight is 745 g/mol. The second kappa shape index (κ2) is 31.0. The average Bonchev–Trinajstić information content (AvgIpc) is 3.12. The van der Waals surface area contributed by atoms with Crippen LogP contribution in [0.3, 0.4) is 0 Å². The monoisotopic (exact) mass is 745 g/mol. The number of aliphatic hydroxyl groups excluding tert-OH is 3. The van der Waals surface area contributed by atoms with Crippen LogP contribution >= 0.6 is 0 Å². The van der Waals surface area contributed by atoms with Gasteiger partial charge in [0.15, 0.2) is 6.10 Å². The van der Waals surface area contributed by atoms with E-state index in [2.05, 4.69) is 13.8 Å². The molecule has 5 atom stereocenters. The first-order valence-corrected chi connectivity index (χ1v) is 21.7. The van der Waals surface area contributed by atoms with Gasteiger partial charge in [0.05, 0.1) is 6.61 Å². The molecule has 0 aliphatic carbocycles. The zero-order valence-corrected chi connectivity index (χ0v) is 33.3. The van der Waals surface area contributed by atoms with Gasteiger partial charge in [0.1, 0.15) is 12.2 Å². The van der Waals surface area contributed by atoms with E-state index in [1.807, 2.05) is 0 Å². The lowest BCUT2D eigenvalue weighted by atomic mass is 9.94. The van der Waals surface area contributed by atoms with Crippen LogP contribution in [0.2, 0.25) is 0 Å². The lowest BCUT2D eigenvalue weighted by molar-refractivity contribution is -0.511. The van der Waals surface area contributed by atoms with Crippen molar-refractivity contribution in [1.29, 1.82) is 0 Å². The molecule has 52 heavy (non-hydrogen) atoms. The van der Waals surface area contributed by atoms with Crippen molar-refractivity contribution in [1.82, 2.24) is 0 Å². The Morgan fingerprint density at radius 2 is 0.788 bits per heavy atom. The van der Waals surface area contributed by atoms with E-state index in [0.29, 0.717) is 12.8 Å². The summed E-state index contributed by atoms with van der Waals surface area (Å²) in [5.74, 6) is -8.51. The fraction of sp³-hybridized carbons (Fsp3) is 0.952. The Hall–Kier alpha value is -1.30. The third-order valence-corrected chi connectivity index (χ3v) is 10.5. The largest absolute Gasteiger partial charge is 0.420 e. The SMILES string of the molecule is CCCCCCCCCCCCCCCCCC(=O)O[C@@]1(O)O[C@H](CO)[C@H](O)[C@H](O)[C@@]1(O)OC(=O)CCCCCCCCCCCCCCCCC. The first-order valence-electron chi connectivity index (χ1n) is 21.7. The quantitative estimate of drug-likeness (QED) is 0.0240. The molecule has 308 valence electrons. The molecule has 0 saturated carbocycles. The number of carbonyl (C=O) groups is 2. The Balaban J connectivity index is 2.33. The van der Waals surface area contributed by atoms with Gasteiger partial charge in [0, 0.05) is 12.8 Å². The summed E-state index contributed by atoms with van der Waals surface area (Å²) in [6.45, 7) is 3.62. The fourth-order valence-corrected chi connectivity index (χ4v) is 7.06. The molecule has 1 aliphatic rings. The maximum atomic E-state index is 12.7. The van der Waals surface area contributed by atoms with Crippen LogP contribution in [-0.2, 0) is 23.8 Å². The lowest BCUT2D eigenvalue weighted by Gasteiger charge is -2.49. The van der Waals surface area contributed by atoms with Gasteiger partial charge >= 0.3 is 23.7 Å². The molecule has 10 nitrogen and oxygen atoms in total. The van der Waals surface area contributed by atoms with Crippen molar-refractivity contribution >= 4 is 11.9 Å². The predicted molar refractivity (Wildman–Crippen MR) is 205 cm³/mol. The first-order chi connectivity index (χ1) is 25.1. The summed E-state index contributed by atoms with van der Waals surface area (Å²) in [6.07, 6.45) is 28.9. The second-order valence-corrected chi connectivity index (χ2v) is 15.4. The summed E-state index contributed by atoms with van der Waals surface area (Å²) in [4.78, 5) is 25.4. The van der Waals surface area contributed by atoms with Crippen molar-refractivity contribution in [3.63, 3.8) is 0 Å². The van der Waals surface area contributed by atoms with Crippen LogP contribution in [0.15, 0.2) is 0 Å². The molecule has 1 rings (SSSR count). The molecule has 0 radical (unpaired) electrons. The van der Waals surface area contributed by atoms with Crippen molar-refractivity contribution in [2.24, 2.45) is 0 Å². The predicted octanol–water partition coefficient (Wildman–Crippen LogP) is 9.04. The number of ether oxygens (including phenoxy) is 3. The third-order valence-electron chi connectivity index (χ3n) is 10.5. The Morgan fingerprint density at radius 3 is 1.10 bits per heavy atom. The number of rotatable bonds is 35. The summed E-state index contributed by atoms with van der Waals surface area (Å²) in [5, 5.41) is 53.1. The number of hydrogen-bond donors (Lipinski definition) is 5. The van der Waals surface area contributed by atoms with Crippen LogP contribution in [0.4, 0.5) is 0 Å². The fourth-order valence-electron chi connectivity index (χ4n) is 7.06. The minimum atomic E-state index is -3.32. The van der Waals surface area contributed by atoms with Crippen LogP contribution in [0.1, 0.15) is 219 Å². The molecule has 0 bridgehead atoms. The number of unbranched alkanes of at least 4 members (excludes halogenated alkanes) is 28. The zero-order valence-electron chi connectivity index (χ0n) is 33.3. The minimum Gasteiger partial charge on any atom is -0.420 e. The van der Waals surface area contributed by atoms with Crippen LogP contribution in [0.25, 0.3) is 0 Å². The number of aliphatic hydroxyl groups is 5. The highest BCUT2D eigenvalue weighted by Crippen LogP contribution is 2.39. The molecule has 1 aliphatic heterocycles. The second-order valence-electron chi connectivity index (χ2n) is 15.4. The van der Waals surface area contributed by atoms with E-state index < -0.39 is 48.6 Å².